The van der Waals surface area contributed by atoms with Crippen molar-refractivity contribution in [1.29, 1.82) is 0 Å². The average Bonchev–Trinajstić information content (AvgIpc) is 3.41. The molecule has 3 atom stereocenters. The third-order valence-electron chi connectivity index (χ3n) is 6.47. The molecule has 2 heterocycles. The van der Waals surface area contributed by atoms with Crippen molar-refractivity contribution in [2.24, 2.45) is 5.92 Å². The summed E-state index contributed by atoms with van der Waals surface area (Å²) in [5.41, 5.74) is 3.04. The molecule has 3 unspecified atom stereocenters. The molecule has 2 aromatic carbocycles. The van der Waals surface area contributed by atoms with Gasteiger partial charge in [0.15, 0.2) is 5.65 Å². The molecule has 1 aliphatic rings. The highest BCUT2D eigenvalue weighted by atomic mass is 16.5. The molecule has 5 rings (SSSR count). The Hall–Kier alpha value is -3.45. The van der Waals surface area contributed by atoms with Gasteiger partial charge in [0.25, 0.3) is 0 Å². The number of aliphatic hydroxyl groups is 1. The van der Waals surface area contributed by atoms with Gasteiger partial charge in [0, 0.05) is 23.9 Å². The van der Waals surface area contributed by atoms with Crippen molar-refractivity contribution in [3.8, 4) is 11.3 Å². The van der Waals surface area contributed by atoms with E-state index in [0.717, 1.165) is 52.8 Å². The second-order valence-electron chi connectivity index (χ2n) is 8.41. The van der Waals surface area contributed by atoms with E-state index >= 15 is 0 Å². The lowest BCUT2D eigenvalue weighted by atomic mass is 10.0. The lowest BCUT2D eigenvalue weighted by Crippen LogP contribution is -2.18. The highest BCUT2D eigenvalue weighted by Gasteiger charge is 2.32. The lowest BCUT2D eigenvalue weighted by molar-refractivity contribution is 0.0601. The summed E-state index contributed by atoms with van der Waals surface area (Å²) in [6.45, 7) is 2.12. The van der Waals surface area contributed by atoms with E-state index in [9.17, 15) is 9.90 Å². The number of anilines is 1. The fraction of sp³-hybridized carbons (Fsp3) is 0.320. The molecule has 2 aromatic heterocycles. The number of aromatic nitrogens is 3. The van der Waals surface area contributed by atoms with Crippen LogP contribution in [-0.4, -0.2) is 44.9 Å². The molecular formula is C25H26N4O3. The van der Waals surface area contributed by atoms with Crippen molar-refractivity contribution in [2.75, 3.05) is 12.4 Å². The zero-order chi connectivity index (χ0) is 22.2. The third kappa shape index (κ3) is 3.58. The summed E-state index contributed by atoms with van der Waals surface area (Å²) in [7, 11) is 1.38. The number of benzene rings is 2. The second-order valence-corrected chi connectivity index (χ2v) is 8.41. The van der Waals surface area contributed by atoms with Crippen LogP contribution in [0.5, 0.6) is 0 Å². The summed E-state index contributed by atoms with van der Waals surface area (Å²) in [6, 6.07) is 15.6. The molecule has 2 N–H and O–H groups in total. The smallest absolute Gasteiger partial charge is 0.337 e. The van der Waals surface area contributed by atoms with Gasteiger partial charge < -0.3 is 15.2 Å². The molecule has 0 spiro atoms. The molecule has 1 saturated carbocycles. The molecule has 0 radical (unpaired) electrons. The van der Waals surface area contributed by atoms with Crippen molar-refractivity contribution < 1.29 is 14.6 Å². The van der Waals surface area contributed by atoms with Gasteiger partial charge >= 0.3 is 5.97 Å². The van der Waals surface area contributed by atoms with Gasteiger partial charge in [0.05, 0.1) is 24.5 Å². The number of rotatable bonds is 5. The van der Waals surface area contributed by atoms with Crippen LogP contribution in [0.4, 0.5) is 5.82 Å². The number of methoxy groups -OCH3 is 1. The Kier molecular flexibility index (Phi) is 5.27. The minimum absolute atomic E-state index is 0.211. The Morgan fingerprint density at radius 1 is 1.22 bits per heavy atom. The van der Waals surface area contributed by atoms with E-state index in [1.165, 1.54) is 7.11 Å². The SMILES string of the molecule is CCC1CC(Nc2ccnc3cc(-c4cccc5cc(C(=O)OC)ccc45)nn23)CC1O. The fourth-order valence-corrected chi connectivity index (χ4v) is 4.76. The van der Waals surface area contributed by atoms with Crippen LogP contribution in [0.15, 0.2) is 54.7 Å². The summed E-state index contributed by atoms with van der Waals surface area (Å²) in [6.07, 6.45) is 4.19. The van der Waals surface area contributed by atoms with E-state index in [2.05, 4.69) is 17.2 Å². The van der Waals surface area contributed by atoms with Gasteiger partial charge in [0.2, 0.25) is 0 Å². The van der Waals surface area contributed by atoms with Gasteiger partial charge in [-0.1, -0.05) is 37.6 Å². The number of esters is 1. The molecule has 4 aromatic rings. The second kappa shape index (κ2) is 8.24. The Morgan fingerprint density at radius 3 is 2.88 bits per heavy atom. The number of carbonyl (C=O) groups is 1. The van der Waals surface area contributed by atoms with Crippen LogP contribution in [0, 0.1) is 5.92 Å². The van der Waals surface area contributed by atoms with Crippen LogP contribution < -0.4 is 5.32 Å². The van der Waals surface area contributed by atoms with Gasteiger partial charge in [-0.25, -0.2) is 9.78 Å². The minimum atomic E-state index is -0.354. The van der Waals surface area contributed by atoms with Crippen molar-refractivity contribution in [1.82, 2.24) is 14.6 Å². The van der Waals surface area contributed by atoms with Gasteiger partial charge in [-0.05, 0) is 47.7 Å². The summed E-state index contributed by atoms with van der Waals surface area (Å²) in [5.74, 6) is 0.847. The van der Waals surface area contributed by atoms with Crippen LogP contribution in [0.2, 0.25) is 0 Å². The Bertz CT molecular complexity index is 1300. The van der Waals surface area contributed by atoms with Gasteiger partial charge in [-0.15, -0.1) is 0 Å². The fourth-order valence-electron chi connectivity index (χ4n) is 4.76. The van der Waals surface area contributed by atoms with Crippen LogP contribution in [0.25, 0.3) is 27.7 Å². The largest absolute Gasteiger partial charge is 0.465 e. The molecule has 1 aliphatic carbocycles. The molecule has 0 amide bonds. The third-order valence-corrected chi connectivity index (χ3v) is 6.47. The molecule has 1 fully saturated rings. The molecule has 7 heteroatoms. The maximum absolute atomic E-state index is 11.9. The predicted molar refractivity (Wildman–Crippen MR) is 124 cm³/mol. The summed E-state index contributed by atoms with van der Waals surface area (Å²) < 4.78 is 6.66. The molecule has 0 aliphatic heterocycles. The first-order valence-electron chi connectivity index (χ1n) is 11.0. The first-order chi connectivity index (χ1) is 15.6. The standard InChI is InChI=1S/C25H26N4O3/c1-3-15-12-18(13-22(15)30)27-23-9-10-26-24-14-21(28-29(23)24)20-6-4-5-16-11-17(25(31)32-2)7-8-19(16)20/h4-11,14-15,18,22,27,30H,3,12-13H2,1-2H3. The average molecular weight is 431 g/mol. The Morgan fingerprint density at radius 2 is 2.09 bits per heavy atom. The van der Waals surface area contributed by atoms with E-state index < -0.39 is 0 Å². The van der Waals surface area contributed by atoms with Gasteiger partial charge in [0.1, 0.15) is 5.82 Å². The summed E-state index contributed by atoms with van der Waals surface area (Å²) >= 11 is 0. The predicted octanol–water partition coefficient (Wildman–Crippen LogP) is 4.30. The Balaban J connectivity index is 1.51. The maximum Gasteiger partial charge on any atom is 0.337 e. The topological polar surface area (TPSA) is 88.8 Å². The van der Waals surface area contributed by atoms with Crippen LogP contribution in [0.3, 0.4) is 0 Å². The normalized spacial score (nSPS) is 20.7. The monoisotopic (exact) mass is 430 g/mol. The molecular weight excluding hydrogens is 404 g/mol. The van der Waals surface area contributed by atoms with E-state index in [1.807, 2.05) is 47.0 Å². The number of ether oxygens (including phenoxy) is 1. The first kappa shape index (κ1) is 20.5. The number of aliphatic hydroxyl groups excluding tert-OH is 1. The minimum Gasteiger partial charge on any atom is -0.465 e. The van der Waals surface area contributed by atoms with Crippen molar-refractivity contribution in [3.05, 3.63) is 60.3 Å². The van der Waals surface area contributed by atoms with Crippen LogP contribution in [-0.2, 0) is 4.74 Å². The van der Waals surface area contributed by atoms with Crippen molar-refractivity contribution in [2.45, 2.75) is 38.3 Å². The van der Waals surface area contributed by atoms with Crippen LogP contribution >= 0.6 is 0 Å². The summed E-state index contributed by atoms with van der Waals surface area (Å²) in [4.78, 5) is 16.4. The first-order valence-corrected chi connectivity index (χ1v) is 11.0. The van der Waals surface area contributed by atoms with Crippen LogP contribution in [0.1, 0.15) is 36.5 Å². The number of hydrogen-bond donors (Lipinski definition) is 2. The zero-order valence-corrected chi connectivity index (χ0v) is 18.2. The maximum atomic E-state index is 11.9. The van der Waals surface area contributed by atoms with Crippen molar-refractivity contribution >= 4 is 28.2 Å². The highest BCUT2D eigenvalue weighted by Crippen LogP contribution is 2.32. The molecule has 32 heavy (non-hydrogen) atoms. The number of hydrogen-bond acceptors (Lipinski definition) is 6. The Labute approximate surface area is 186 Å². The van der Waals surface area contributed by atoms with Gasteiger partial charge in [-0.3, -0.25) is 0 Å². The lowest BCUT2D eigenvalue weighted by Gasteiger charge is -2.14. The van der Waals surface area contributed by atoms with Gasteiger partial charge in [-0.2, -0.15) is 9.61 Å². The van der Waals surface area contributed by atoms with E-state index in [1.54, 1.807) is 12.3 Å². The number of fused-ring (bicyclic) bond motifs is 2. The molecule has 0 saturated heterocycles. The molecule has 7 nitrogen and oxygen atoms in total. The molecule has 0 bridgehead atoms. The zero-order valence-electron chi connectivity index (χ0n) is 18.2. The molecule has 164 valence electrons. The highest BCUT2D eigenvalue weighted by molar-refractivity contribution is 6.01. The quantitative estimate of drug-likeness (QED) is 0.459. The number of nitrogens with one attached hydrogen (secondary N) is 1. The van der Waals surface area contributed by atoms with E-state index in [0.29, 0.717) is 11.5 Å². The van der Waals surface area contributed by atoms with E-state index in [-0.39, 0.29) is 18.1 Å². The number of carbonyl (C=O) groups excluding carboxylic acids is 1. The van der Waals surface area contributed by atoms with E-state index in [4.69, 9.17) is 9.84 Å². The summed E-state index contributed by atoms with van der Waals surface area (Å²) in [5, 5.41) is 20.6. The number of nitrogens with zero attached hydrogens (tertiary/aromatic N) is 3. The van der Waals surface area contributed by atoms with Crippen molar-refractivity contribution in [3.63, 3.8) is 0 Å².